The molecule has 0 spiro atoms. The van der Waals surface area contributed by atoms with Gasteiger partial charge in [-0.15, -0.1) is 0 Å². The van der Waals surface area contributed by atoms with E-state index in [1.807, 2.05) is 30.3 Å². The van der Waals surface area contributed by atoms with Crippen LogP contribution in [0.3, 0.4) is 0 Å². The number of aliphatic hydroxyl groups excluding tert-OH is 1. The lowest BCUT2D eigenvalue weighted by molar-refractivity contribution is 0.153. The molecule has 1 atom stereocenters. The van der Waals surface area contributed by atoms with Gasteiger partial charge in [-0.2, -0.15) is 5.26 Å². The van der Waals surface area contributed by atoms with E-state index in [9.17, 15) is 5.11 Å². The van der Waals surface area contributed by atoms with Crippen LogP contribution in [0, 0.1) is 11.3 Å². The van der Waals surface area contributed by atoms with E-state index >= 15 is 0 Å². The first kappa shape index (κ1) is 16.5. The minimum Gasteiger partial charge on any atom is -0.489 e. The molecule has 1 N–H and O–H groups in total. The van der Waals surface area contributed by atoms with Crippen molar-refractivity contribution in [3.05, 3.63) is 65.2 Å². The average molecular weight is 322 g/mol. The standard InChI is InChI=1S/C20H22N2O2/c21-12-16-4-1-6-18(10-16)15-24-20-8-2-5-17(11-20)13-22-9-3-7-19(22)14-23/h1-2,4-6,8,10-11,19,23H,3,7,9,13-15H2/t19-/m1/s1. The first-order chi connectivity index (χ1) is 11.8. The zero-order valence-corrected chi connectivity index (χ0v) is 13.7. The molecule has 0 aliphatic carbocycles. The lowest BCUT2D eigenvalue weighted by Crippen LogP contribution is -2.31. The summed E-state index contributed by atoms with van der Waals surface area (Å²) in [6.45, 7) is 2.55. The summed E-state index contributed by atoms with van der Waals surface area (Å²) in [6.07, 6.45) is 2.22. The topological polar surface area (TPSA) is 56.5 Å². The molecule has 1 fully saturated rings. The molecule has 3 rings (SSSR count). The summed E-state index contributed by atoms with van der Waals surface area (Å²) in [4.78, 5) is 2.33. The maximum absolute atomic E-state index is 9.43. The third-order valence-electron chi connectivity index (χ3n) is 4.46. The zero-order chi connectivity index (χ0) is 16.8. The Balaban J connectivity index is 1.61. The maximum Gasteiger partial charge on any atom is 0.120 e. The second-order valence-corrected chi connectivity index (χ2v) is 6.20. The lowest BCUT2D eigenvalue weighted by Gasteiger charge is -2.22. The smallest absolute Gasteiger partial charge is 0.120 e. The molecule has 124 valence electrons. The quantitative estimate of drug-likeness (QED) is 0.888. The number of benzene rings is 2. The predicted octanol–water partition coefficient (Wildman–Crippen LogP) is 3.09. The molecule has 2 aromatic rings. The third kappa shape index (κ3) is 4.14. The van der Waals surface area contributed by atoms with E-state index in [4.69, 9.17) is 10.00 Å². The molecule has 1 aliphatic heterocycles. The van der Waals surface area contributed by atoms with Gasteiger partial charge in [0.2, 0.25) is 0 Å². The fraction of sp³-hybridized carbons (Fsp3) is 0.350. The number of nitrogens with zero attached hydrogens (tertiary/aromatic N) is 2. The Bertz CT molecular complexity index is 724. The molecule has 0 aromatic heterocycles. The Hall–Kier alpha value is -2.35. The fourth-order valence-electron chi connectivity index (χ4n) is 3.18. The van der Waals surface area contributed by atoms with Crippen LogP contribution in [0.2, 0.25) is 0 Å². The highest BCUT2D eigenvalue weighted by Gasteiger charge is 2.23. The van der Waals surface area contributed by atoms with E-state index in [0.29, 0.717) is 12.2 Å². The van der Waals surface area contributed by atoms with Crippen LogP contribution < -0.4 is 4.74 Å². The van der Waals surface area contributed by atoms with Crippen LogP contribution >= 0.6 is 0 Å². The van der Waals surface area contributed by atoms with Gasteiger partial charge in [0.25, 0.3) is 0 Å². The van der Waals surface area contributed by atoms with Crippen molar-refractivity contribution in [1.29, 1.82) is 5.26 Å². The molecule has 0 radical (unpaired) electrons. The Labute approximate surface area is 142 Å². The van der Waals surface area contributed by atoms with Crippen LogP contribution in [0.15, 0.2) is 48.5 Å². The SMILES string of the molecule is N#Cc1cccc(COc2cccc(CN3CCC[C@@H]3CO)c2)c1. The molecule has 0 saturated carbocycles. The zero-order valence-electron chi connectivity index (χ0n) is 13.7. The molecule has 2 aromatic carbocycles. The van der Waals surface area contributed by atoms with Gasteiger partial charge in [-0.05, 0) is 54.8 Å². The Morgan fingerprint density at radius 2 is 2.00 bits per heavy atom. The molecule has 4 heteroatoms. The summed E-state index contributed by atoms with van der Waals surface area (Å²) in [5.41, 5.74) is 2.83. The van der Waals surface area contributed by atoms with Crippen LogP contribution in [0.25, 0.3) is 0 Å². The molecular formula is C20H22N2O2. The summed E-state index contributed by atoms with van der Waals surface area (Å²) in [7, 11) is 0. The van der Waals surface area contributed by atoms with Crippen molar-refractivity contribution >= 4 is 0 Å². The molecular weight excluding hydrogens is 300 g/mol. The average Bonchev–Trinajstić information content (AvgIpc) is 3.07. The predicted molar refractivity (Wildman–Crippen MR) is 92.4 cm³/mol. The van der Waals surface area contributed by atoms with Crippen molar-refractivity contribution in [2.45, 2.75) is 32.0 Å². The van der Waals surface area contributed by atoms with Gasteiger partial charge >= 0.3 is 0 Å². The Morgan fingerprint density at radius 3 is 2.83 bits per heavy atom. The summed E-state index contributed by atoms with van der Waals surface area (Å²) >= 11 is 0. The molecule has 0 unspecified atom stereocenters. The van der Waals surface area contributed by atoms with Crippen LogP contribution in [-0.2, 0) is 13.2 Å². The molecule has 1 heterocycles. The molecule has 4 nitrogen and oxygen atoms in total. The molecule has 1 saturated heterocycles. The van der Waals surface area contributed by atoms with Crippen molar-refractivity contribution in [1.82, 2.24) is 4.90 Å². The van der Waals surface area contributed by atoms with E-state index in [0.717, 1.165) is 37.2 Å². The van der Waals surface area contributed by atoms with Gasteiger partial charge in [-0.1, -0.05) is 24.3 Å². The maximum atomic E-state index is 9.43. The van der Waals surface area contributed by atoms with Gasteiger partial charge in [0.1, 0.15) is 12.4 Å². The molecule has 1 aliphatic rings. The van der Waals surface area contributed by atoms with E-state index in [2.05, 4.69) is 23.1 Å². The molecule has 0 amide bonds. The van der Waals surface area contributed by atoms with E-state index in [1.54, 1.807) is 6.07 Å². The van der Waals surface area contributed by atoms with E-state index in [-0.39, 0.29) is 12.6 Å². The van der Waals surface area contributed by atoms with Crippen molar-refractivity contribution in [3.8, 4) is 11.8 Å². The van der Waals surface area contributed by atoms with Gasteiger partial charge in [0.15, 0.2) is 0 Å². The van der Waals surface area contributed by atoms with Gasteiger partial charge in [0.05, 0.1) is 18.2 Å². The summed E-state index contributed by atoms with van der Waals surface area (Å²) < 4.78 is 5.87. The normalized spacial score (nSPS) is 17.6. The fourth-order valence-corrected chi connectivity index (χ4v) is 3.18. The second-order valence-electron chi connectivity index (χ2n) is 6.20. The van der Waals surface area contributed by atoms with E-state index in [1.165, 1.54) is 5.56 Å². The number of aliphatic hydroxyl groups is 1. The van der Waals surface area contributed by atoms with Gasteiger partial charge < -0.3 is 9.84 Å². The summed E-state index contributed by atoms with van der Waals surface area (Å²) in [5.74, 6) is 0.828. The van der Waals surface area contributed by atoms with Crippen molar-refractivity contribution < 1.29 is 9.84 Å². The Kier molecular flexibility index (Phi) is 5.47. The monoisotopic (exact) mass is 322 g/mol. The second kappa shape index (κ2) is 7.96. The highest BCUT2D eigenvalue weighted by atomic mass is 16.5. The van der Waals surface area contributed by atoms with Crippen LogP contribution in [0.4, 0.5) is 0 Å². The van der Waals surface area contributed by atoms with Crippen molar-refractivity contribution in [3.63, 3.8) is 0 Å². The first-order valence-corrected chi connectivity index (χ1v) is 8.34. The van der Waals surface area contributed by atoms with Crippen molar-refractivity contribution in [2.24, 2.45) is 0 Å². The van der Waals surface area contributed by atoms with Crippen LogP contribution in [0.5, 0.6) is 5.75 Å². The first-order valence-electron chi connectivity index (χ1n) is 8.34. The number of nitriles is 1. The minimum absolute atomic E-state index is 0.228. The highest BCUT2D eigenvalue weighted by molar-refractivity contribution is 5.33. The van der Waals surface area contributed by atoms with Gasteiger partial charge in [-0.3, -0.25) is 4.90 Å². The largest absolute Gasteiger partial charge is 0.489 e. The third-order valence-corrected chi connectivity index (χ3v) is 4.46. The lowest BCUT2D eigenvalue weighted by atomic mass is 10.1. The van der Waals surface area contributed by atoms with Gasteiger partial charge in [-0.25, -0.2) is 0 Å². The van der Waals surface area contributed by atoms with E-state index < -0.39 is 0 Å². The molecule has 0 bridgehead atoms. The number of ether oxygens (including phenoxy) is 1. The minimum atomic E-state index is 0.228. The molecule has 24 heavy (non-hydrogen) atoms. The van der Waals surface area contributed by atoms with Crippen LogP contribution in [0.1, 0.15) is 29.5 Å². The number of likely N-dealkylation sites (tertiary alicyclic amines) is 1. The highest BCUT2D eigenvalue weighted by Crippen LogP contribution is 2.22. The summed E-state index contributed by atoms with van der Waals surface area (Å²) in [6, 6.07) is 18.0. The number of hydrogen-bond donors (Lipinski definition) is 1. The summed E-state index contributed by atoms with van der Waals surface area (Å²) in [5, 5.41) is 18.4. The van der Waals surface area contributed by atoms with Crippen molar-refractivity contribution in [2.75, 3.05) is 13.2 Å². The number of hydrogen-bond acceptors (Lipinski definition) is 4. The Morgan fingerprint density at radius 1 is 1.17 bits per heavy atom. The van der Waals surface area contributed by atoms with Crippen LogP contribution in [-0.4, -0.2) is 29.2 Å². The van der Waals surface area contributed by atoms with Gasteiger partial charge in [0, 0.05) is 12.6 Å². The number of rotatable bonds is 6.